The summed E-state index contributed by atoms with van der Waals surface area (Å²) in [4.78, 5) is 22.5. The molecule has 0 saturated heterocycles. The van der Waals surface area contributed by atoms with Crippen molar-refractivity contribution in [1.82, 2.24) is 0 Å². The number of anilines is 1. The first kappa shape index (κ1) is 19.6. The van der Waals surface area contributed by atoms with E-state index in [4.69, 9.17) is 16.3 Å². The lowest BCUT2D eigenvalue weighted by molar-refractivity contribution is -0.385. The third kappa shape index (κ3) is 5.62. The van der Waals surface area contributed by atoms with Crippen molar-refractivity contribution in [3.63, 3.8) is 0 Å². The molecule has 6 nitrogen and oxygen atoms in total. The summed E-state index contributed by atoms with van der Waals surface area (Å²) in [6.07, 6.45) is 0. The van der Waals surface area contributed by atoms with Crippen molar-refractivity contribution >= 4 is 56.6 Å². The summed E-state index contributed by atoms with van der Waals surface area (Å²) >= 11 is 10.7. The number of nitro benzene ring substituents is 1. The van der Waals surface area contributed by atoms with Crippen molar-refractivity contribution in [3.8, 4) is 5.75 Å². The van der Waals surface area contributed by atoms with Gasteiger partial charge in [-0.2, -0.15) is 0 Å². The van der Waals surface area contributed by atoms with Crippen molar-refractivity contribution in [1.29, 1.82) is 0 Å². The number of rotatable bonds is 7. The van der Waals surface area contributed by atoms with E-state index in [2.05, 4.69) is 21.2 Å². The van der Waals surface area contributed by atoms with Crippen LogP contribution in [-0.4, -0.2) is 23.7 Å². The second-order valence-electron chi connectivity index (χ2n) is 4.93. The molecule has 0 spiro atoms. The van der Waals surface area contributed by atoms with Crippen LogP contribution in [0, 0.1) is 10.1 Å². The number of nitro groups is 1. The van der Waals surface area contributed by atoms with Gasteiger partial charge in [-0.05, 0) is 29.8 Å². The zero-order chi connectivity index (χ0) is 18.4. The molecule has 9 heteroatoms. The van der Waals surface area contributed by atoms with E-state index in [1.54, 1.807) is 30.3 Å². The number of hydrogen-bond donors (Lipinski definition) is 1. The van der Waals surface area contributed by atoms with Crippen LogP contribution < -0.4 is 10.1 Å². The molecule has 25 heavy (non-hydrogen) atoms. The molecule has 0 unspecified atom stereocenters. The molecule has 2 aromatic carbocycles. The summed E-state index contributed by atoms with van der Waals surface area (Å²) in [6, 6.07) is 9.93. The molecule has 0 saturated carbocycles. The van der Waals surface area contributed by atoms with E-state index < -0.39 is 4.92 Å². The van der Waals surface area contributed by atoms with E-state index in [-0.39, 0.29) is 23.1 Å². The van der Waals surface area contributed by atoms with Crippen molar-refractivity contribution in [2.24, 2.45) is 0 Å². The first-order chi connectivity index (χ1) is 11.9. The average molecular weight is 446 g/mol. The van der Waals surface area contributed by atoms with Gasteiger partial charge >= 0.3 is 5.69 Å². The number of ether oxygens (including phenoxy) is 1. The Bertz CT molecular complexity index is 804. The van der Waals surface area contributed by atoms with Gasteiger partial charge in [-0.1, -0.05) is 33.6 Å². The molecule has 0 aliphatic rings. The normalized spacial score (nSPS) is 10.4. The molecule has 0 atom stereocenters. The van der Waals surface area contributed by atoms with Gasteiger partial charge in [0, 0.05) is 16.3 Å². The van der Waals surface area contributed by atoms with E-state index in [9.17, 15) is 14.9 Å². The first-order valence-electron chi connectivity index (χ1n) is 7.04. The molecule has 0 bridgehead atoms. The van der Waals surface area contributed by atoms with Gasteiger partial charge in [0.15, 0.2) is 5.75 Å². The molecule has 1 N–H and O–H groups in total. The van der Waals surface area contributed by atoms with Gasteiger partial charge in [0.05, 0.1) is 28.5 Å². The Kier molecular flexibility index (Phi) is 7.10. The van der Waals surface area contributed by atoms with Crippen LogP contribution in [-0.2, 0) is 10.5 Å². The third-order valence-electron chi connectivity index (χ3n) is 3.15. The van der Waals surface area contributed by atoms with Crippen molar-refractivity contribution in [3.05, 3.63) is 61.6 Å². The highest BCUT2D eigenvalue weighted by molar-refractivity contribution is 9.10. The van der Waals surface area contributed by atoms with E-state index in [1.807, 2.05) is 0 Å². The number of amides is 1. The van der Waals surface area contributed by atoms with Crippen LogP contribution in [0.3, 0.4) is 0 Å². The number of nitrogens with one attached hydrogen (secondary N) is 1. The monoisotopic (exact) mass is 444 g/mol. The molecule has 0 heterocycles. The molecular formula is C16H14BrClN2O4S. The quantitative estimate of drug-likeness (QED) is 0.484. The molecule has 132 valence electrons. The van der Waals surface area contributed by atoms with Gasteiger partial charge in [0.25, 0.3) is 0 Å². The van der Waals surface area contributed by atoms with Gasteiger partial charge in [-0.15, -0.1) is 11.8 Å². The highest BCUT2D eigenvalue weighted by Crippen LogP contribution is 2.29. The van der Waals surface area contributed by atoms with Crippen LogP contribution >= 0.6 is 39.3 Å². The van der Waals surface area contributed by atoms with Gasteiger partial charge < -0.3 is 10.1 Å². The number of hydrogen-bond acceptors (Lipinski definition) is 5. The van der Waals surface area contributed by atoms with Crippen LogP contribution in [0.25, 0.3) is 0 Å². The van der Waals surface area contributed by atoms with Gasteiger partial charge in [-0.3, -0.25) is 14.9 Å². The van der Waals surface area contributed by atoms with Crippen LogP contribution in [0.15, 0.2) is 40.9 Å². The predicted molar refractivity (Wildman–Crippen MR) is 104 cm³/mol. The smallest absolute Gasteiger partial charge is 0.311 e. The lowest BCUT2D eigenvalue weighted by atomic mass is 10.2. The first-order valence-corrected chi connectivity index (χ1v) is 9.37. The lowest BCUT2D eigenvalue weighted by Crippen LogP contribution is -2.14. The standard InChI is InChI=1S/C16H14BrClN2O4S/c1-24-15-5-2-10(6-14(15)20(22)23)8-25-9-16(21)19-13-4-3-11(17)7-12(13)18/h2-7H,8-9H2,1H3,(H,19,21). The third-order valence-corrected chi connectivity index (χ3v) is 4.96. The average Bonchev–Trinajstić information content (AvgIpc) is 2.57. The summed E-state index contributed by atoms with van der Waals surface area (Å²) in [5, 5.41) is 14.2. The number of nitrogens with zero attached hydrogens (tertiary/aromatic N) is 1. The molecule has 0 aliphatic heterocycles. The highest BCUT2D eigenvalue weighted by atomic mass is 79.9. The van der Waals surface area contributed by atoms with Gasteiger partial charge in [0.2, 0.25) is 5.91 Å². The molecule has 0 fully saturated rings. The van der Waals surface area contributed by atoms with Crippen LogP contribution in [0.1, 0.15) is 5.56 Å². The lowest BCUT2D eigenvalue weighted by Gasteiger charge is -2.08. The maximum atomic E-state index is 12.0. The zero-order valence-corrected chi connectivity index (χ0v) is 16.3. The number of carbonyl (C=O) groups is 1. The summed E-state index contributed by atoms with van der Waals surface area (Å²) < 4.78 is 5.79. The number of thioether (sulfide) groups is 1. The molecule has 2 aromatic rings. The second kappa shape index (κ2) is 9.07. The minimum absolute atomic E-state index is 0.0910. The van der Waals surface area contributed by atoms with Crippen molar-refractivity contribution in [2.75, 3.05) is 18.2 Å². The fraction of sp³-hybridized carbons (Fsp3) is 0.188. The fourth-order valence-corrected chi connectivity index (χ4v) is 3.50. The molecular weight excluding hydrogens is 432 g/mol. The number of methoxy groups -OCH3 is 1. The number of carbonyl (C=O) groups excluding carboxylic acids is 1. The number of benzene rings is 2. The zero-order valence-electron chi connectivity index (χ0n) is 13.1. The maximum Gasteiger partial charge on any atom is 0.311 e. The Morgan fingerprint density at radius 2 is 2.12 bits per heavy atom. The van der Waals surface area contributed by atoms with Crippen LogP contribution in [0.4, 0.5) is 11.4 Å². The molecule has 1 amide bonds. The molecule has 2 rings (SSSR count). The molecule has 0 radical (unpaired) electrons. The van der Waals surface area contributed by atoms with E-state index >= 15 is 0 Å². The predicted octanol–water partition coefficient (Wildman–Crippen LogP) is 4.89. The van der Waals surface area contributed by atoms with Gasteiger partial charge in [0.1, 0.15) is 0 Å². The number of halogens is 2. The largest absolute Gasteiger partial charge is 0.490 e. The SMILES string of the molecule is COc1ccc(CSCC(=O)Nc2ccc(Br)cc2Cl)cc1[N+](=O)[O-]. The molecule has 0 aromatic heterocycles. The maximum absolute atomic E-state index is 12.0. The Balaban J connectivity index is 1.91. The molecule has 0 aliphatic carbocycles. The summed E-state index contributed by atoms with van der Waals surface area (Å²) in [5.41, 5.74) is 1.19. The summed E-state index contributed by atoms with van der Waals surface area (Å²) in [7, 11) is 1.38. The van der Waals surface area contributed by atoms with E-state index in [1.165, 1.54) is 24.9 Å². The van der Waals surface area contributed by atoms with Crippen molar-refractivity contribution in [2.45, 2.75) is 5.75 Å². The minimum Gasteiger partial charge on any atom is -0.490 e. The fourth-order valence-electron chi connectivity index (χ4n) is 2.01. The van der Waals surface area contributed by atoms with Crippen molar-refractivity contribution < 1.29 is 14.5 Å². The van der Waals surface area contributed by atoms with E-state index in [0.29, 0.717) is 16.5 Å². The Labute approximate surface area is 162 Å². The Morgan fingerprint density at radius 1 is 1.36 bits per heavy atom. The topological polar surface area (TPSA) is 81.5 Å². The summed E-state index contributed by atoms with van der Waals surface area (Å²) in [6.45, 7) is 0. The van der Waals surface area contributed by atoms with Crippen LogP contribution in [0.5, 0.6) is 5.75 Å². The highest BCUT2D eigenvalue weighted by Gasteiger charge is 2.15. The second-order valence-corrected chi connectivity index (χ2v) is 7.24. The van der Waals surface area contributed by atoms with Gasteiger partial charge in [-0.25, -0.2) is 0 Å². The van der Waals surface area contributed by atoms with E-state index in [0.717, 1.165) is 10.0 Å². The Morgan fingerprint density at radius 3 is 2.76 bits per heavy atom. The van der Waals surface area contributed by atoms with Crippen LogP contribution in [0.2, 0.25) is 5.02 Å². The Hall–Kier alpha value is -1.77. The minimum atomic E-state index is -0.491. The summed E-state index contributed by atoms with van der Waals surface area (Å²) in [5.74, 6) is 0.678.